The highest BCUT2D eigenvalue weighted by Crippen LogP contribution is 2.33. The zero-order valence-electron chi connectivity index (χ0n) is 18.6. The summed E-state index contributed by atoms with van der Waals surface area (Å²) in [6.07, 6.45) is 1.37. The molecule has 3 aromatic rings. The predicted octanol–water partition coefficient (Wildman–Crippen LogP) is 2.90. The van der Waals surface area contributed by atoms with Crippen molar-refractivity contribution in [3.8, 4) is 0 Å². The van der Waals surface area contributed by atoms with Gasteiger partial charge in [-0.15, -0.1) is 0 Å². The zero-order valence-corrected chi connectivity index (χ0v) is 18.6. The Morgan fingerprint density at radius 1 is 1.03 bits per heavy atom. The second kappa shape index (κ2) is 9.70. The lowest BCUT2D eigenvalue weighted by Gasteiger charge is -2.36. The smallest absolute Gasteiger partial charge is 0.331 e. The van der Waals surface area contributed by atoms with Gasteiger partial charge in [0.2, 0.25) is 0 Å². The molecule has 8 heteroatoms. The van der Waals surface area contributed by atoms with Crippen LogP contribution in [0, 0.1) is 11.7 Å². The van der Waals surface area contributed by atoms with Crippen molar-refractivity contribution >= 4 is 16.9 Å². The van der Waals surface area contributed by atoms with E-state index >= 15 is 0 Å². The van der Waals surface area contributed by atoms with Gasteiger partial charge in [-0.3, -0.25) is 18.7 Å². The van der Waals surface area contributed by atoms with Crippen LogP contribution in [0.1, 0.15) is 31.2 Å². The minimum atomic E-state index is -0.901. The number of carboxylic acids is 1. The summed E-state index contributed by atoms with van der Waals surface area (Å²) in [4.78, 5) is 40.1. The summed E-state index contributed by atoms with van der Waals surface area (Å²) < 4.78 is 16.2. The number of carbonyl (C=O) groups is 1. The molecule has 0 radical (unpaired) electrons. The van der Waals surface area contributed by atoms with Crippen LogP contribution in [0.3, 0.4) is 0 Å². The molecule has 0 saturated carbocycles. The Morgan fingerprint density at radius 2 is 1.76 bits per heavy atom. The summed E-state index contributed by atoms with van der Waals surface area (Å²) in [6.45, 7) is 4.04. The first-order valence-electron chi connectivity index (χ1n) is 11.3. The molecule has 7 nitrogen and oxygen atoms in total. The van der Waals surface area contributed by atoms with E-state index in [1.54, 1.807) is 34.9 Å². The molecule has 2 atom stereocenters. The van der Waals surface area contributed by atoms with E-state index in [0.29, 0.717) is 43.5 Å². The van der Waals surface area contributed by atoms with Gasteiger partial charge in [0, 0.05) is 26.2 Å². The first kappa shape index (κ1) is 22.9. The van der Waals surface area contributed by atoms with Crippen molar-refractivity contribution in [1.82, 2.24) is 14.0 Å². The van der Waals surface area contributed by atoms with Crippen molar-refractivity contribution in [3.63, 3.8) is 0 Å². The van der Waals surface area contributed by atoms with Crippen LogP contribution in [0.15, 0.2) is 58.1 Å². The third-order valence-electron chi connectivity index (χ3n) is 6.53. The number of aryl methyl sites for hydroxylation is 1. The van der Waals surface area contributed by atoms with Crippen LogP contribution in [0.25, 0.3) is 10.9 Å². The number of aliphatic carboxylic acids is 1. The van der Waals surface area contributed by atoms with Crippen molar-refractivity contribution in [2.45, 2.75) is 38.8 Å². The Hall–Kier alpha value is -3.26. The molecule has 1 fully saturated rings. The molecule has 0 spiro atoms. The van der Waals surface area contributed by atoms with E-state index < -0.39 is 11.9 Å². The van der Waals surface area contributed by atoms with Gasteiger partial charge in [0.15, 0.2) is 0 Å². The van der Waals surface area contributed by atoms with Crippen molar-refractivity contribution < 1.29 is 14.3 Å². The normalized spacial score (nSPS) is 19.1. The molecule has 174 valence electrons. The summed E-state index contributed by atoms with van der Waals surface area (Å²) in [5, 5.41) is 10.3. The van der Waals surface area contributed by atoms with Gasteiger partial charge >= 0.3 is 11.7 Å². The Labute approximate surface area is 190 Å². The lowest BCUT2D eigenvalue weighted by Crippen LogP contribution is -2.47. The largest absolute Gasteiger partial charge is 0.481 e. The van der Waals surface area contributed by atoms with Crippen LogP contribution in [0.2, 0.25) is 0 Å². The Balaban J connectivity index is 1.55. The van der Waals surface area contributed by atoms with Gasteiger partial charge < -0.3 is 10.0 Å². The number of benzene rings is 2. The molecule has 1 aliphatic heterocycles. The lowest BCUT2D eigenvalue weighted by molar-refractivity contribution is -0.144. The summed E-state index contributed by atoms with van der Waals surface area (Å²) in [6, 6.07) is 13.1. The maximum Gasteiger partial charge on any atom is 0.331 e. The molecule has 1 aromatic heterocycles. The number of piperidine rings is 1. The first-order valence-corrected chi connectivity index (χ1v) is 11.3. The molecule has 1 saturated heterocycles. The zero-order chi connectivity index (χ0) is 23.5. The number of likely N-dealkylation sites (tertiary alicyclic amines) is 1. The van der Waals surface area contributed by atoms with Gasteiger partial charge in [-0.2, -0.15) is 0 Å². The quantitative estimate of drug-likeness (QED) is 0.595. The van der Waals surface area contributed by atoms with Crippen molar-refractivity contribution in [3.05, 3.63) is 80.7 Å². The van der Waals surface area contributed by atoms with Gasteiger partial charge in [-0.05, 0) is 55.1 Å². The Morgan fingerprint density at radius 3 is 2.45 bits per heavy atom. The highest BCUT2D eigenvalue weighted by Gasteiger charge is 2.35. The van der Waals surface area contributed by atoms with Crippen LogP contribution >= 0.6 is 0 Å². The number of fused-ring (bicyclic) bond motifs is 1. The fraction of sp³-hybridized carbons (Fsp3) is 0.400. The van der Waals surface area contributed by atoms with E-state index in [-0.39, 0.29) is 29.5 Å². The average molecular weight is 454 g/mol. The Kier molecular flexibility index (Phi) is 6.74. The van der Waals surface area contributed by atoms with Crippen LogP contribution < -0.4 is 11.2 Å². The molecule has 4 rings (SSSR count). The lowest BCUT2D eigenvalue weighted by atomic mass is 9.80. The minimum absolute atomic E-state index is 0.194. The predicted molar refractivity (Wildman–Crippen MR) is 124 cm³/mol. The number of halogens is 1. The summed E-state index contributed by atoms with van der Waals surface area (Å²) in [7, 11) is 0. The average Bonchev–Trinajstić information content (AvgIpc) is 2.82. The highest BCUT2D eigenvalue weighted by molar-refractivity contribution is 5.77. The van der Waals surface area contributed by atoms with E-state index in [4.69, 9.17) is 0 Å². The van der Waals surface area contributed by atoms with Gasteiger partial charge in [0.05, 0.1) is 16.8 Å². The monoisotopic (exact) mass is 453 g/mol. The maximum atomic E-state index is 13.3. The third kappa shape index (κ3) is 4.61. The molecule has 2 unspecified atom stereocenters. The molecule has 0 amide bonds. The molecule has 1 N–H and O–H groups in total. The molecular formula is C25H28FN3O4. The second-order valence-corrected chi connectivity index (χ2v) is 8.60. The topological polar surface area (TPSA) is 84.5 Å². The first-order chi connectivity index (χ1) is 15.9. The molecule has 2 heterocycles. The van der Waals surface area contributed by atoms with E-state index in [1.165, 1.54) is 16.7 Å². The number of para-hydroxylation sites is 1. The van der Waals surface area contributed by atoms with Gasteiger partial charge in [-0.1, -0.05) is 31.2 Å². The van der Waals surface area contributed by atoms with Crippen molar-refractivity contribution in [1.29, 1.82) is 0 Å². The van der Waals surface area contributed by atoms with E-state index in [0.717, 1.165) is 12.0 Å². The van der Waals surface area contributed by atoms with Gasteiger partial charge in [0.1, 0.15) is 5.82 Å². The van der Waals surface area contributed by atoms with E-state index in [2.05, 4.69) is 0 Å². The number of nitrogens with zero attached hydrogens (tertiary/aromatic N) is 3. The number of rotatable bonds is 7. The molecule has 0 aliphatic carbocycles. The van der Waals surface area contributed by atoms with E-state index in [9.17, 15) is 23.9 Å². The number of aromatic nitrogens is 2. The Bertz CT molecular complexity index is 1270. The van der Waals surface area contributed by atoms with Crippen LogP contribution in [0.4, 0.5) is 4.39 Å². The number of hydrogen-bond acceptors (Lipinski definition) is 4. The standard InChI is InChI=1S/C25H28FN3O4/c1-2-12-28-22-6-4-3-5-20(22)23(30)29(25(28)33)15-14-27-13-11-19(21(16-27)24(31)32)17-7-9-18(26)10-8-17/h3-10,19,21H,2,11-16H2,1H3,(H,31,32). The molecule has 0 bridgehead atoms. The maximum absolute atomic E-state index is 13.3. The SMILES string of the molecule is CCCn1c(=O)n(CCN2CCC(c3ccc(F)cc3)C(C(=O)O)C2)c(=O)c2ccccc21. The molecular weight excluding hydrogens is 425 g/mol. The van der Waals surface area contributed by atoms with Crippen LogP contribution in [-0.2, 0) is 17.9 Å². The molecule has 2 aromatic carbocycles. The number of hydrogen-bond donors (Lipinski definition) is 1. The second-order valence-electron chi connectivity index (χ2n) is 8.60. The van der Waals surface area contributed by atoms with Gasteiger partial charge in [-0.25, -0.2) is 9.18 Å². The summed E-state index contributed by atoms with van der Waals surface area (Å²) in [5.41, 5.74) is 0.795. The number of carboxylic acid groups (broad SMARTS) is 1. The summed E-state index contributed by atoms with van der Waals surface area (Å²) >= 11 is 0. The third-order valence-corrected chi connectivity index (χ3v) is 6.53. The minimum Gasteiger partial charge on any atom is -0.481 e. The van der Waals surface area contributed by atoms with Crippen LogP contribution in [-0.4, -0.2) is 44.7 Å². The fourth-order valence-electron chi connectivity index (χ4n) is 4.83. The highest BCUT2D eigenvalue weighted by atomic mass is 19.1. The molecule has 1 aliphatic rings. The fourth-order valence-corrected chi connectivity index (χ4v) is 4.83. The van der Waals surface area contributed by atoms with Crippen molar-refractivity contribution in [2.75, 3.05) is 19.6 Å². The van der Waals surface area contributed by atoms with Crippen molar-refractivity contribution in [2.24, 2.45) is 5.92 Å². The van der Waals surface area contributed by atoms with Crippen LogP contribution in [0.5, 0.6) is 0 Å². The van der Waals surface area contributed by atoms with Gasteiger partial charge in [0.25, 0.3) is 5.56 Å². The molecule has 33 heavy (non-hydrogen) atoms. The van der Waals surface area contributed by atoms with E-state index in [1.807, 2.05) is 17.9 Å². The summed E-state index contributed by atoms with van der Waals surface area (Å²) in [5.74, 6) is -2.10.